The number of hydrogen-bond acceptors (Lipinski definition) is 4. The summed E-state index contributed by atoms with van der Waals surface area (Å²) in [5.41, 5.74) is 6.94. The first-order chi connectivity index (χ1) is 14.9. The molecule has 0 spiro atoms. The van der Waals surface area contributed by atoms with E-state index >= 15 is 0 Å². The largest absolute Gasteiger partial charge is 0.493 e. The van der Waals surface area contributed by atoms with E-state index in [4.69, 9.17) is 9.47 Å². The third-order valence-corrected chi connectivity index (χ3v) is 6.80. The molecule has 0 unspecified atom stereocenters. The first-order valence-corrected chi connectivity index (χ1v) is 11.0. The zero-order chi connectivity index (χ0) is 21.8. The third-order valence-electron chi connectivity index (χ3n) is 6.80. The number of Topliss-reactive ketones (excluding diaryl/α,β-unsaturated/α-hetero) is 1. The molecule has 1 aliphatic carbocycles. The van der Waals surface area contributed by atoms with Crippen LogP contribution in [0.2, 0.25) is 0 Å². The van der Waals surface area contributed by atoms with Crippen molar-refractivity contribution in [2.45, 2.75) is 39.0 Å². The number of ketones is 1. The number of methoxy groups -OCH3 is 2. The normalized spacial score (nSPS) is 21.7. The van der Waals surface area contributed by atoms with Gasteiger partial charge in [0, 0.05) is 41.4 Å². The molecule has 31 heavy (non-hydrogen) atoms. The smallest absolute Gasteiger partial charge is 0.162 e. The Hall–Kier alpha value is -3.01. The van der Waals surface area contributed by atoms with Crippen LogP contribution in [0.15, 0.2) is 59.8 Å². The summed E-state index contributed by atoms with van der Waals surface area (Å²) in [7, 11) is 3.35. The predicted molar refractivity (Wildman–Crippen MR) is 122 cm³/mol. The summed E-state index contributed by atoms with van der Waals surface area (Å²) >= 11 is 0. The minimum atomic E-state index is -0.0303. The van der Waals surface area contributed by atoms with Crippen molar-refractivity contribution < 1.29 is 14.3 Å². The lowest BCUT2D eigenvalue weighted by Gasteiger charge is -2.46. The number of nitrogens with zero attached hydrogens (tertiary/aromatic N) is 1. The quantitative estimate of drug-likeness (QED) is 0.678. The van der Waals surface area contributed by atoms with Crippen LogP contribution in [0.5, 0.6) is 11.5 Å². The molecule has 2 heterocycles. The SMILES string of the molecule is COc1cc2c(cc1OC)C1=C[C@@H](c3ccccc3)C3=C(CC(C)(C)CC3=O)N1CC2. The van der Waals surface area contributed by atoms with E-state index in [2.05, 4.69) is 61.2 Å². The average molecular weight is 416 g/mol. The molecule has 0 amide bonds. The molecule has 3 aliphatic rings. The molecular weight excluding hydrogens is 386 g/mol. The van der Waals surface area contributed by atoms with Crippen LogP contribution in [0, 0.1) is 5.41 Å². The summed E-state index contributed by atoms with van der Waals surface area (Å²) in [4.78, 5) is 15.8. The molecule has 4 heteroatoms. The Bertz CT molecular complexity index is 1110. The van der Waals surface area contributed by atoms with Crippen molar-refractivity contribution in [3.05, 3.63) is 76.5 Å². The molecule has 0 N–H and O–H groups in total. The van der Waals surface area contributed by atoms with Gasteiger partial charge in [0.2, 0.25) is 0 Å². The van der Waals surface area contributed by atoms with Crippen LogP contribution in [-0.4, -0.2) is 31.4 Å². The summed E-state index contributed by atoms with van der Waals surface area (Å²) in [6, 6.07) is 14.6. The van der Waals surface area contributed by atoms with Crippen LogP contribution in [0.4, 0.5) is 0 Å². The lowest BCUT2D eigenvalue weighted by atomic mass is 9.69. The molecule has 5 rings (SSSR count). The Morgan fingerprint density at radius 3 is 2.42 bits per heavy atom. The van der Waals surface area contributed by atoms with E-state index in [1.54, 1.807) is 14.2 Å². The van der Waals surface area contributed by atoms with Crippen molar-refractivity contribution in [2.75, 3.05) is 20.8 Å². The maximum atomic E-state index is 13.4. The summed E-state index contributed by atoms with van der Waals surface area (Å²) in [5.74, 6) is 1.76. The van der Waals surface area contributed by atoms with Crippen LogP contribution in [0.1, 0.15) is 49.3 Å². The van der Waals surface area contributed by atoms with Crippen molar-refractivity contribution in [1.82, 2.24) is 4.90 Å². The zero-order valence-corrected chi connectivity index (χ0v) is 18.7. The number of carbonyl (C=O) groups excluding carboxylic acids is 1. The lowest BCUT2D eigenvalue weighted by Crippen LogP contribution is -2.40. The number of allylic oxidation sites excluding steroid dienone is 3. The van der Waals surface area contributed by atoms with E-state index in [1.807, 2.05) is 6.07 Å². The highest BCUT2D eigenvalue weighted by atomic mass is 16.5. The monoisotopic (exact) mass is 415 g/mol. The van der Waals surface area contributed by atoms with Gasteiger partial charge in [-0.3, -0.25) is 4.79 Å². The second-order valence-corrected chi connectivity index (χ2v) is 9.51. The van der Waals surface area contributed by atoms with E-state index in [0.717, 1.165) is 36.5 Å². The fraction of sp³-hybridized carbons (Fsp3) is 0.370. The van der Waals surface area contributed by atoms with E-state index in [0.29, 0.717) is 6.42 Å². The van der Waals surface area contributed by atoms with Crippen molar-refractivity contribution in [3.8, 4) is 11.5 Å². The highest BCUT2D eigenvalue weighted by Gasteiger charge is 2.42. The van der Waals surface area contributed by atoms with Crippen molar-refractivity contribution in [1.29, 1.82) is 0 Å². The fourth-order valence-corrected chi connectivity index (χ4v) is 5.38. The maximum absolute atomic E-state index is 13.4. The molecule has 0 aromatic heterocycles. The first-order valence-electron chi connectivity index (χ1n) is 11.0. The standard InChI is InChI=1S/C27H29NO3/c1-27(2)15-22-26(23(29)16-27)20(17-8-6-5-7-9-17)13-21-19-14-25(31-4)24(30-3)12-18(19)10-11-28(21)22/h5-9,12-14,20H,10-11,15-16H2,1-4H3/t20-/m0/s1. The molecule has 0 saturated heterocycles. The average Bonchev–Trinajstić information content (AvgIpc) is 2.77. The topological polar surface area (TPSA) is 38.8 Å². The Labute approximate surface area is 184 Å². The lowest BCUT2D eigenvalue weighted by molar-refractivity contribution is -0.118. The molecule has 4 nitrogen and oxygen atoms in total. The number of benzene rings is 2. The summed E-state index contributed by atoms with van der Waals surface area (Å²) in [5, 5.41) is 0. The minimum Gasteiger partial charge on any atom is -0.493 e. The summed E-state index contributed by atoms with van der Waals surface area (Å²) in [6.07, 6.45) is 4.72. The fourth-order valence-electron chi connectivity index (χ4n) is 5.38. The number of hydrogen-bond donors (Lipinski definition) is 0. The highest BCUT2D eigenvalue weighted by molar-refractivity contribution is 6.01. The second kappa shape index (κ2) is 7.30. The molecule has 2 aliphatic heterocycles. The van der Waals surface area contributed by atoms with E-state index < -0.39 is 0 Å². The van der Waals surface area contributed by atoms with Gasteiger partial charge in [0.05, 0.1) is 14.2 Å². The second-order valence-electron chi connectivity index (χ2n) is 9.51. The van der Waals surface area contributed by atoms with Gasteiger partial charge in [-0.2, -0.15) is 0 Å². The highest BCUT2D eigenvalue weighted by Crippen LogP contribution is 2.51. The molecular formula is C27H29NO3. The van der Waals surface area contributed by atoms with Crippen LogP contribution in [0.3, 0.4) is 0 Å². The molecule has 2 aromatic rings. The zero-order valence-electron chi connectivity index (χ0n) is 18.7. The van der Waals surface area contributed by atoms with Crippen LogP contribution >= 0.6 is 0 Å². The molecule has 0 saturated carbocycles. The summed E-state index contributed by atoms with van der Waals surface area (Å²) in [6.45, 7) is 5.28. The minimum absolute atomic E-state index is 0.0231. The molecule has 160 valence electrons. The van der Waals surface area contributed by atoms with Gasteiger partial charge in [0.25, 0.3) is 0 Å². The molecule has 0 fully saturated rings. The number of ether oxygens (including phenoxy) is 2. The van der Waals surface area contributed by atoms with Crippen LogP contribution in [0.25, 0.3) is 5.70 Å². The Morgan fingerprint density at radius 2 is 1.71 bits per heavy atom. The third kappa shape index (κ3) is 3.25. The van der Waals surface area contributed by atoms with Gasteiger partial charge in [-0.25, -0.2) is 0 Å². The number of rotatable bonds is 3. The maximum Gasteiger partial charge on any atom is 0.162 e. The van der Waals surface area contributed by atoms with Gasteiger partial charge >= 0.3 is 0 Å². The Morgan fingerprint density at radius 1 is 1.00 bits per heavy atom. The predicted octanol–water partition coefficient (Wildman–Crippen LogP) is 5.34. The van der Waals surface area contributed by atoms with E-state index in [1.165, 1.54) is 28.1 Å². The van der Waals surface area contributed by atoms with Gasteiger partial charge in [0.1, 0.15) is 0 Å². The Balaban J connectivity index is 1.71. The number of carbonyl (C=O) groups is 1. The van der Waals surface area contributed by atoms with Gasteiger partial charge in [-0.15, -0.1) is 0 Å². The number of fused-ring (bicyclic) bond motifs is 4. The van der Waals surface area contributed by atoms with Crippen molar-refractivity contribution in [3.63, 3.8) is 0 Å². The van der Waals surface area contributed by atoms with E-state index in [9.17, 15) is 4.79 Å². The van der Waals surface area contributed by atoms with Crippen molar-refractivity contribution >= 4 is 11.5 Å². The first kappa shape index (κ1) is 19.9. The Kier molecular flexibility index (Phi) is 4.69. The molecule has 2 aromatic carbocycles. The van der Waals surface area contributed by atoms with Gasteiger partial charge in [-0.1, -0.05) is 44.2 Å². The molecule has 0 radical (unpaired) electrons. The van der Waals surface area contributed by atoms with E-state index in [-0.39, 0.29) is 17.1 Å². The van der Waals surface area contributed by atoms with Crippen LogP contribution < -0.4 is 9.47 Å². The van der Waals surface area contributed by atoms with Gasteiger partial charge in [-0.05, 0) is 47.6 Å². The van der Waals surface area contributed by atoms with Gasteiger partial charge in [0.15, 0.2) is 17.3 Å². The van der Waals surface area contributed by atoms with Crippen molar-refractivity contribution in [2.24, 2.45) is 5.41 Å². The summed E-state index contributed by atoms with van der Waals surface area (Å²) < 4.78 is 11.2. The molecule has 1 atom stereocenters. The van der Waals surface area contributed by atoms with Gasteiger partial charge < -0.3 is 14.4 Å². The molecule has 0 bridgehead atoms. The van der Waals surface area contributed by atoms with Crippen LogP contribution in [-0.2, 0) is 11.2 Å².